The monoisotopic (exact) mass is 144 g/mol. The Kier molecular flexibility index (Phi) is 1.98. The summed E-state index contributed by atoms with van der Waals surface area (Å²) >= 11 is 0. The van der Waals surface area contributed by atoms with E-state index in [-0.39, 0.29) is 12.3 Å². The van der Waals surface area contributed by atoms with Crippen LogP contribution >= 0.6 is 0 Å². The number of ether oxygens (including phenoxy) is 1. The highest BCUT2D eigenvalue weighted by Crippen LogP contribution is 1.92. The Hall–Kier alpha value is -0.940. The number of hydrogen-bond donors (Lipinski definition) is 2. The van der Waals surface area contributed by atoms with Gasteiger partial charge in [0.2, 0.25) is 0 Å². The van der Waals surface area contributed by atoms with Gasteiger partial charge < -0.3 is 4.74 Å². The first kappa shape index (κ1) is 7.17. The Labute approximate surface area is 57.7 Å². The number of carbonyl (C=O) groups is 2. The molecule has 0 aromatic carbocycles. The summed E-state index contributed by atoms with van der Waals surface area (Å²) in [5.41, 5.74) is 5.02. The zero-order valence-electron chi connectivity index (χ0n) is 5.51. The average Bonchev–Trinajstić information content (AvgIpc) is 2.34. The predicted octanol–water partition coefficient (Wildman–Crippen LogP) is -1.80. The van der Waals surface area contributed by atoms with E-state index in [0.29, 0.717) is 0 Å². The van der Waals surface area contributed by atoms with E-state index in [1.165, 1.54) is 7.11 Å². The highest BCUT2D eigenvalue weighted by Gasteiger charge is 2.31. The second-order valence-corrected chi connectivity index (χ2v) is 1.92. The van der Waals surface area contributed by atoms with Gasteiger partial charge in [0.15, 0.2) is 11.8 Å². The molecule has 10 heavy (non-hydrogen) atoms. The van der Waals surface area contributed by atoms with E-state index < -0.39 is 12.0 Å². The van der Waals surface area contributed by atoms with E-state index >= 15 is 0 Å². The average molecular weight is 144 g/mol. The zero-order chi connectivity index (χ0) is 7.56. The van der Waals surface area contributed by atoms with E-state index in [0.717, 1.165) is 0 Å². The SMILES string of the molecule is COC(=O)C1NNCC1=O. The first-order valence-electron chi connectivity index (χ1n) is 2.84. The van der Waals surface area contributed by atoms with E-state index in [9.17, 15) is 9.59 Å². The van der Waals surface area contributed by atoms with Crippen LogP contribution in [0.25, 0.3) is 0 Å². The van der Waals surface area contributed by atoms with Gasteiger partial charge in [-0.05, 0) is 0 Å². The minimum Gasteiger partial charge on any atom is -0.467 e. The van der Waals surface area contributed by atoms with Gasteiger partial charge in [-0.25, -0.2) is 15.6 Å². The summed E-state index contributed by atoms with van der Waals surface area (Å²) in [7, 11) is 1.25. The van der Waals surface area contributed by atoms with Crippen LogP contribution in [0.2, 0.25) is 0 Å². The molecule has 1 unspecified atom stereocenters. The molecule has 0 saturated carbocycles. The van der Waals surface area contributed by atoms with Gasteiger partial charge in [-0.1, -0.05) is 0 Å². The fourth-order valence-electron chi connectivity index (χ4n) is 0.731. The van der Waals surface area contributed by atoms with Crippen molar-refractivity contribution in [3.63, 3.8) is 0 Å². The number of hydrazine groups is 1. The van der Waals surface area contributed by atoms with Crippen molar-refractivity contribution in [3.05, 3.63) is 0 Å². The van der Waals surface area contributed by atoms with Crippen molar-refractivity contribution < 1.29 is 14.3 Å². The molecular formula is C5H8N2O3. The van der Waals surface area contributed by atoms with E-state index in [1.54, 1.807) is 0 Å². The maximum Gasteiger partial charge on any atom is 0.332 e. The molecule has 0 aliphatic carbocycles. The summed E-state index contributed by atoms with van der Waals surface area (Å²) in [6.07, 6.45) is 0. The molecule has 1 fully saturated rings. The standard InChI is InChI=1S/C5H8N2O3/c1-10-5(9)4-3(8)2-6-7-4/h4,6-7H,2H2,1H3. The van der Waals surface area contributed by atoms with Gasteiger partial charge in [0.25, 0.3) is 0 Å². The van der Waals surface area contributed by atoms with Crippen LogP contribution in [0.1, 0.15) is 0 Å². The molecule has 5 heteroatoms. The van der Waals surface area contributed by atoms with Crippen molar-refractivity contribution in [3.8, 4) is 0 Å². The molecule has 1 aliphatic heterocycles. The van der Waals surface area contributed by atoms with Gasteiger partial charge in [0.05, 0.1) is 13.7 Å². The summed E-state index contributed by atoms with van der Waals surface area (Å²) < 4.78 is 4.34. The lowest BCUT2D eigenvalue weighted by molar-refractivity contribution is -0.145. The van der Waals surface area contributed by atoms with Gasteiger partial charge >= 0.3 is 5.97 Å². The van der Waals surface area contributed by atoms with Crippen LogP contribution in [0.5, 0.6) is 0 Å². The van der Waals surface area contributed by atoms with Crippen molar-refractivity contribution in [2.75, 3.05) is 13.7 Å². The third-order valence-corrected chi connectivity index (χ3v) is 1.27. The molecule has 0 amide bonds. The molecule has 1 aliphatic rings. The lowest BCUT2D eigenvalue weighted by Crippen LogP contribution is -2.39. The number of methoxy groups -OCH3 is 1. The highest BCUT2D eigenvalue weighted by atomic mass is 16.5. The van der Waals surface area contributed by atoms with Crippen LogP contribution in [-0.2, 0) is 14.3 Å². The Bertz CT molecular complexity index is 168. The van der Waals surface area contributed by atoms with Crippen molar-refractivity contribution >= 4 is 11.8 Å². The lowest BCUT2D eigenvalue weighted by Gasteiger charge is -2.03. The maximum absolute atomic E-state index is 10.7. The zero-order valence-corrected chi connectivity index (χ0v) is 5.51. The van der Waals surface area contributed by atoms with Gasteiger partial charge in [-0.3, -0.25) is 4.79 Å². The Morgan fingerprint density at radius 1 is 1.80 bits per heavy atom. The molecule has 56 valence electrons. The molecular weight excluding hydrogens is 136 g/mol. The van der Waals surface area contributed by atoms with Crippen LogP contribution in [0.4, 0.5) is 0 Å². The van der Waals surface area contributed by atoms with Gasteiger partial charge in [0, 0.05) is 0 Å². The Balaban J connectivity index is 2.55. The molecule has 1 atom stereocenters. The number of Topliss-reactive ketones (excluding diaryl/α,β-unsaturated/α-hetero) is 1. The molecule has 0 radical (unpaired) electrons. The van der Waals surface area contributed by atoms with Crippen LogP contribution in [0.15, 0.2) is 0 Å². The Morgan fingerprint density at radius 2 is 2.50 bits per heavy atom. The van der Waals surface area contributed by atoms with Crippen LogP contribution in [-0.4, -0.2) is 31.4 Å². The summed E-state index contributed by atoms with van der Waals surface area (Å²) in [5.74, 6) is -0.734. The Morgan fingerprint density at radius 3 is 2.90 bits per heavy atom. The second-order valence-electron chi connectivity index (χ2n) is 1.92. The summed E-state index contributed by atoms with van der Waals surface area (Å²) in [4.78, 5) is 21.4. The first-order valence-corrected chi connectivity index (χ1v) is 2.84. The minimum atomic E-state index is -0.815. The topological polar surface area (TPSA) is 67.4 Å². The molecule has 0 spiro atoms. The number of hydrogen-bond acceptors (Lipinski definition) is 5. The van der Waals surface area contributed by atoms with Crippen molar-refractivity contribution in [1.29, 1.82) is 0 Å². The molecule has 2 N–H and O–H groups in total. The van der Waals surface area contributed by atoms with Gasteiger partial charge in [-0.15, -0.1) is 0 Å². The molecule has 1 rings (SSSR count). The van der Waals surface area contributed by atoms with Crippen LogP contribution in [0.3, 0.4) is 0 Å². The lowest BCUT2D eigenvalue weighted by atomic mass is 10.2. The van der Waals surface area contributed by atoms with Crippen LogP contribution < -0.4 is 10.9 Å². The van der Waals surface area contributed by atoms with E-state index in [1.807, 2.05) is 0 Å². The number of nitrogens with one attached hydrogen (secondary N) is 2. The third-order valence-electron chi connectivity index (χ3n) is 1.27. The van der Waals surface area contributed by atoms with Crippen LogP contribution in [0, 0.1) is 0 Å². The minimum absolute atomic E-state index is 0.180. The van der Waals surface area contributed by atoms with Crippen molar-refractivity contribution in [2.24, 2.45) is 0 Å². The third kappa shape index (κ3) is 1.14. The first-order chi connectivity index (χ1) is 4.75. The fraction of sp³-hybridized carbons (Fsp3) is 0.600. The van der Waals surface area contributed by atoms with Gasteiger partial charge in [-0.2, -0.15) is 0 Å². The van der Waals surface area contributed by atoms with E-state index in [4.69, 9.17) is 0 Å². The molecule has 5 nitrogen and oxygen atoms in total. The second kappa shape index (κ2) is 2.76. The summed E-state index contributed by atoms with van der Waals surface area (Å²) in [6.45, 7) is 0.180. The number of esters is 1. The maximum atomic E-state index is 10.7. The molecule has 1 saturated heterocycles. The number of ketones is 1. The quantitative estimate of drug-likeness (QED) is 0.336. The summed E-state index contributed by atoms with van der Waals surface area (Å²) in [6, 6.07) is -0.815. The molecule has 1 heterocycles. The van der Waals surface area contributed by atoms with Crippen molar-refractivity contribution in [2.45, 2.75) is 6.04 Å². The molecule has 0 aromatic heterocycles. The largest absolute Gasteiger partial charge is 0.467 e. The fourth-order valence-corrected chi connectivity index (χ4v) is 0.731. The van der Waals surface area contributed by atoms with Gasteiger partial charge in [0.1, 0.15) is 0 Å². The predicted molar refractivity (Wildman–Crippen MR) is 31.9 cm³/mol. The highest BCUT2D eigenvalue weighted by molar-refractivity contribution is 6.05. The van der Waals surface area contributed by atoms with E-state index in [2.05, 4.69) is 15.6 Å². The molecule has 0 bridgehead atoms. The summed E-state index contributed by atoms with van der Waals surface area (Å²) in [5, 5.41) is 0. The smallest absolute Gasteiger partial charge is 0.332 e. The number of rotatable bonds is 1. The number of carbonyl (C=O) groups excluding carboxylic acids is 2. The normalized spacial score (nSPS) is 24.9. The molecule has 0 aromatic rings. The van der Waals surface area contributed by atoms with Crippen molar-refractivity contribution in [1.82, 2.24) is 10.9 Å².